The van der Waals surface area contributed by atoms with E-state index in [0.29, 0.717) is 17.4 Å². The number of carbonyl (C=O) groups is 2. The average Bonchev–Trinajstić information content (AvgIpc) is 3.05. The van der Waals surface area contributed by atoms with Crippen LogP contribution in [0.3, 0.4) is 0 Å². The summed E-state index contributed by atoms with van der Waals surface area (Å²) in [5.74, 6) is -0.686. The summed E-state index contributed by atoms with van der Waals surface area (Å²) in [4.78, 5) is 23.1. The zero-order valence-corrected chi connectivity index (χ0v) is 12.7. The molecule has 0 spiro atoms. The van der Waals surface area contributed by atoms with Crippen molar-refractivity contribution in [3.63, 3.8) is 0 Å². The van der Waals surface area contributed by atoms with Crippen molar-refractivity contribution in [2.75, 3.05) is 5.32 Å². The molecule has 8 heteroatoms. The second-order valence-electron chi connectivity index (χ2n) is 5.03. The zero-order chi connectivity index (χ0) is 15.0. The normalized spacial score (nSPS) is 14.1. The number of nitrogens with zero attached hydrogens (tertiary/aromatic N) is 3. The molecule has 2 aromatic rings. The van der Waals surface area contributed by atoms with Crippen molar-refractivity contribution in [2.24, 2.45) is 5.73 Å². The fraction of sp³-hybridized carbons (Fsp3) is 0.308. The highest BCUT2D eigenvalue weighted by Gasteiger charge is 2.27. The van der Waals surface area contributed by atoms with Crippen LogP contribution in [0.5, 0.6) is 0 Å². The molecular formula is C13H14BrN5O2. The van der Waals surface area contributed by atoms with Gasteiger partial charge in [0.05, 0.1) is 11.9 Å². The quantitative estimate of drug-likeness (QED) is 0.854. The van der Waals surface area contributed by atoms with E-state index < -0.39 is 5.91 Å². The molecule has 0 unspecified atom stereocenters. The molecule has 7 nitrogen and oxygen atoms in total. The Morgan fingerprint density at radius 2 is 2.19 bits per heavy atom. The van der Waals surface area contributed by atoms with Crippen molar-refractivity contribution in [3.8, 4) is 0 Å². The second kappa shape index (κ2) is 5.36. The lowest BCUT2D eigenvalue weighted by Gasteiger charge is -2.07. The topological polar surface area (TPSA) is 94.9 Å². The molecule has 3 N–H and O–H groups in total. The molecule has 110 valence electrons. The van der Waals surface area contributed by atoms with Gasteiger partial charge < -0.3 is 15.6 Å². The fourth-order valence-corrected chi connectivity index (χ4v) is 2.59. The minimum Gasteiger partial charge on any atom is -0.368 e. The van der Waals surface area contributed by atoms with E-state index in [4.69, 9.17) is 5.73 Å². The molecule has 0 atom stereocenters. The summed E-state index contributed by atoms with van der Waals surface area (Å²) in [7, 11) is 0. The van der Waals surface area contributed by atoms with E-state index in [2.05, 4.69) is 26.3 Å². The van der Waals surface area contributed by atoms with Gasteiger partial charge >= 0.3 is 0 Å². The Morgan fingerprint density at radius 1 is 1.43 bits per heavy atom. The fourth-order valence-electron chi connectivity index (χ4n) is 2.15. The number of aromatic nitrogens is 3. The highest BCUT2D eigenvalue weighted by Crippen LogP contribution is 2.37. The van der Waals surface area contributed by atoms with E-state index in [1.54, 1.807) is 12.3 Å². The van der Waals surface area contributed by atoms with Gasteiger partial charge in [0.2, 0.25) is 5.91 Å². The molecule has 0 bridgehead atoms. The van der Waals surface area contributed by atoms with E-state index in [0.717, 1.165) is 17.3 Å². The minimum absolute atomic E-state index is 0.0140. The van der Waals surface area contributed by atoms with E-state index >= 15 is 0 Å². The van der Waals surface area contributed by atoms with Crippen LogP contribution < -0.4 is 11.1 Å². The van der Waals surface area contributed by atoms with Crippen LogP contribution in [0.25, 0.3) is 0 Å². The van der Waals surface area contributed by atoms with E-state index in [9.17, 15) is 9.59 Å². The number of halogens is 1. The summed E-state index contributed by atoms with van der Waals surface area (Å²) < 4.78 is 4.24. The highest BCUT2D eigenvalue weighted by atomic mass is 79.9. The van der Waals surface area contributed by atoms with Crippen molar-refractivity contribution in [1.29, 1.82) is 0 Å². The Labute approximate surface area is 129 Å². The molecule has 0 radical (unpaired) electrons. The third-order valence-electron chi connectivity index (χ3n) is 3.20. The molecule has 0 aromatic carbocycles. The van der Waals surface area contributed by atoms with Crippen LogP contribution in [0.2, 0.25) is 0 Å². The van der Waals surface area contributed by atoms with Crippen LogP contribution in [0.15, 0.2) is 29.1 Å². The Bertz CT molecular complexity index is 701. The maximum Gasteiger partial charge on any atom is 0.272 e. The first kappa shape index (κ1) is 13.9. The first-order valence-electron chi connectivity index (χ1n) is 6.52. The first-order chi connectivity index (χ1) is 10.0. The monoisotopic (exact) mass is 351 g/mol. The molecule has 1 aliphatic carbocycles. The first-order valence-corrected chi connectivity index (χ1v) is 7.31. The van der Waals surface area contributed by atoms with Gasteiger partial charge in [-0.25, -0.2) is 0 Å². The SMILES string of the molecule is NC(=O)Cn1cc(NC(=O)c2cc(Br)cn2C2CC2)cn1. The third-order valence-corrected chi connectivity index (χ3v) is 3.63. The number of anilines is 1. The molecule has 0 saturated heterocycles. The predicted octanol–water partition coefficient (Wildman–Crippen LogP) is 1.52. The summed E-state index contributed by atoms with van der Waals surface area (Å²) in [5.41, 5.74) is 6.23. The van der Waals surface area contributed by atoms with E-state index in [-0.39, 0.29) is 12.5 Å². The Morgan fingerprint density at radius 3 is 2.86 bits per heavy atom. The van der Waals surface area contributed by atoms with Gasteiger partial charge in [0.25, 0.3) is 5.91 Å². The number of hydrogen-bond acceptors (Lipinski definition) is 3. The number of hydrogen-bond donors (Lipinski definition) is 2. The molecular weight excluding hydrogens is 338 g/mol. The summed E-state index contributed by atoms with van der Waals surface area (Å²) >= 11 is 3.40. The van der Waals surface area contributed by atoms with Crippen LogP contribution in [0, 0.1) is 0 Å². The molecule has 0 aliphatic heterocycles. The lowest BCUT2D eigenvalue weighted by Crippen LogP contribution is -2.19. The van der Waals surface area contributed by atoms with Crippen LogP contribution in [-0.4, -0.2) is 26.2 Å². The third kappa shape index (κ3) is 3.15. The number of carbonyl (C=O) groups excluding carboxylic acids is 2. The number of nitrogens with one attached hydrogen (secondary N) is 1. The van der Waals surface area contributed by atoms with Crippen molar-refractivity contribution in [2.45, 2.75) is 25.4 Å². The molecule has 1 fully saturated rings. The van der Waals surface area contributed by atoms with Gasteiger partial charge in [-0.05, 0) is 34.8 Å². The Balaban J connectivity index is 1.74. The molecule has 3 rings (SSSR count). The average molecular weight is 352 g/mol. The van der Waals surface area contributed by atoms with Crippen molar-refractivity contribution >= 4 is 33.4 Å². The zero-order valence-electron chi connectivity index (χ0n) is 11.1. The lowest BCUT2D eigenvalue weighted by atomic mass is 10.4. The van der Waals surface area contributed by atoms with Gasteiger partial charge in [-0.15, -0.1) is 0 Å². The number of rotatable bonds is 5. The van der Waals surface area contributed by atoms with Gasteiger partial charge in [0, 0.05) is 22.9 Å². The highest BCUT2D eigenvalue weighted by molar-refractivity contribution is 9.10. The Kier molecular flexibility index (Phi) is 3.54. The number of nitrogens with two attached hydrogens (primary N) is 1. The maximum absolute atomic E-state index is 12.3. The van der Waals surface area contributed by atoms with Gasteiger partial charge in [-0.2, -0.15) is 5.10 Å². The van der Waals surface area contributed by atoms with E-state index in [1.807, 2.05) is 10.8 Å². The van der Waals surface area contributed by atoms with Gasteiger partial charge in [-0.3, -0.25) is 14.3 Å². The number of primary amides is 1. The smallest absolute Gasteiger partial charge is 0.272 e. The van der Waals surface area contributed by atoms with Gasteiger partial charge in [-0.1, -0.05) is 0 Å². The minimum atomic E-state index is -0.484. The van der Waals surface area contributed by atoms with Gasteiger partial charge in [0.15, 0.2) is 0 Å². The summed E-state index contributed by atoms with van der Waals surface area (Å²) in [6, 6.07) is 2.20. The molecule has 1 saturated carbocycles. The number of amides is 2. The maximum atomic E-state index is 12.3. The summed E-state index contributed by atoms with van der Waals surface area (Å²) in [5, 5.41) is 6.74. The van der Waals surface area contributed by atoms with Gasteiger partial charge in [0.1, 0.15) is 12.2 Å². The summed E-state index contributed by atoms with van der Waals surface area (Å²) in [6.45, 7) is -0.0140. The van der Waals surface area contributed by atoms with Crippen molar-refractivity contribution < 1.29 is 9.59 Å². The molecule has 2 heterocycles. The molecule has 2 amide bonds. The van der Waals surface area contributed by atoms with Crippen LogP contribution in [0.4, 0.5) is 5.69 Å². The van der Waals surface area contributed by atoms with Crippen LogP contribution in [-0.2, 0) is 11.3 Å². The Hall–Kier alpha value is -2.09. The summed E-state index contributed by atoms with van der Waals surface area (Å²) in [6.07, 6.45) is 7.17. The lowest BCUT2D eigenvalue weighted by molar-refractivity contribution is -0.118. The van der Waals surface area contributed by atoms with Crippen LogP contribution in [0.1, 0.15) is 29.4 Å². The van der Waals surface area contributed by atoms with Crippen LogP contribution >= 0.6 is 15.9 Å². The standard InChI is InChI=1S/C13H14BrN5O2/c14-8-3-11(19(5-8)10-1-2-10)13(21)17-9-4-16-18(6-9)7-12(15)20/h3-6,10H,1-2,7H2,(H2,15,20)(H,17,21). The molecule has 2 aromatic heterocycles. The molecule has 1 aliphatic rings. The van der Waals surface area contributed by atoms with Crippen molar-refractivity contribution in [1.82, 2.24) is 14.3 Å². The predicted molar refractivity (Wildman–Crippen MR) is 79.8 cm³/mol. The van der Waals surface area contributed by atoms with Crippen molar-refractivity contribution in [3.05, 3.63) is 34.8 Å². The van der Waals surface area contributed by atoms with E-state index in [1.165, 1.54) is 10.9 Å². The molecule has 21 heavy (non-hydrogen) atoms. The second-order valence-corrected chi connectivity index (χ2v) is 5.94. The largest absolute Gasteiger partial charge is 0.368 e.